The van der Waals surface area contributed by atoms with Crippen molar-refractivity contribution in [3.63, 3.8) is 0 Å². The van der Waals surface area contributed by atoms with E-state index in [0.29, 0.717) is 26.5 Å². The Balaban J connectivity index is 1.54. The lowest BCUT2D eigenvalue weighted by Gasteiger charge is -2.09. The van der Waals surface area contributed by atoms with E-state index in [9.17, 15) is 9.59 Å². The number of nitrogens with one attached hydrogen (secondary N) is 1. The van der Waals surface area contributed by atoms with Crippen LogP contribution < -0.4 is 20.1 Å². The predicted molar refractivity (Wildman–Crippen MR) is 103 cm³/mol. The molecule has 0 radical (unpaired) electrons. The van der Waals surface area contributed by atoms with Gasteiger partial charge in [0.05, 0.1) is 4.53 Å². The van der Waals surface area contributed by atoms with Crippen LogP contribution in [0.3, 0.4) is 0 Å². The Morgan fingerprint density at radius 1 is 1.15 bits per heavy atom. The number of nitrogens with zero attached hydrogens (tertiary/aromatic N) is 3. The molecule has 134 valence electrons. The third-order valence-electron chi connectivity index (χ3n) is 3.74. The minimum Gasteiger partial charge on any atom is -0.483 e. The van der Waals surface area contributed by atoms with Crippen LogP contribution in [0.5, 0.6) is 5.75 Å². The summed E-state index contributed by atoms with van der Waals surface area (Å²) in [5, 5.41) is 6.66. The molecule has 0 saturated heterocycles. The first-order chi connectivity index (χ1) is 13.2. The molecule has 0 saturated carbocycles. The molecule has 0 fully saturated rings. The molecule has 8 heteroatoms. The van der Waals surface area contributed by atoms with Gasteiger partial charge < -0.3 is 10.1 Å². The van der Waals surface area contributed by atoms with E-state index in [0.717, 1.165) is 0 Å². The Labute approximate surface area is 157 Å². The summed E-state index contributed by atoms with van der Waals surface area (Å²) in [6.07, 6.45) is 3.06. The normalized spacial score (nSPS) is 11.6. The first-order valence-electron chi connectivity index (χ1n) is 8.12. The summed E-state index contributed by atoms with van der Waals surface area (Å²) in [7, 11) is 0. The number of ether oxygens (including phenoxy) is 1. The second kappa shape index (κ2) is 7.38. The summed E-state index contributed by atoms with van der Waals surface area (Å²) in [5.41, 5.74) is 1.17. The molecule has 1 amide bonds. The average molecular weight is 378 g/mol. The van der Waals surface area contributed by atoms with Crippen molar-refractivity contribution in [1.29, 1.82) is 0 Å². The maximum atomic E-state index is 12.3. The van der Waals surface area contributed by atoms with Crippen molar-refractivity contribution in [1.82, 2.24) is 14.6 Å². The average Bonchev–Trinajstić information content (AvgIpc) is 3.25. The lowest BCUT2D eigenvalue weighted by molar-refractivity contribution is -0.118. The monoisotopic (exact) mass is 378 g/mol. The molecular formula is C19H14N4O3S. The number of anilines is 1. The largest absolute Gasteiger partial charge is 0.483 e. The fourth-order valence-electron chi connectivity index (χ4n) is 2.51. The number of fused-ring (bicyclic) bond motifs is 1. The van der Waals surface area contributed by atoms with Crippen molar-refractivity contribution in [2.45, 2.75) is 0 Å². The Hall–Kier alpha value is -3.52. The highest BCUT2D eigenvalue weighted by Crippen LogP contribution is 2.19. The molecule has 0 bridgehead atoms. The minimum atomic E-state index is -0.265. The molecule has 4 aromatic rings. The summed E-state index contributed by atoms with van der Waals surface area (Å²) in [5.74, 6) is 0.249. The summed E-state index contributed by atoms with van der Waals surface area (Å²) in [6.45, 7) is -0.140. The SMILES string of the molecule is O=C(COc1ccccc1/C=c1\sc2ncnn2c1=O)Nc1ccccc1. The van der Waals surface area contributed by atoms with E-state index in [4.69, 9.17) is 4.74 Å². The van der Waals surface area contributed by atoms with Gasteiger partial charge in [-0.2, -0.15) is 9.61 Å². The molecule has 0 aliphatic heterocycles. The van der Waals surface area contributed by atoms with Crippen molar-refractivity contribution in [2.24, 2.45) is 0 Å². The molecule has 2 aromatic heterocycles. The molecule has 0 aliphatic carbocycles. The Morgan fingerprint density at radius 2 is 1.93 bits per heavy atom. The highest BCUT2D eigenvalue weighted by molar-refractivity contribution is 7.15. The number of hydrogen-bond acceptors (Lipinski definition) is 6. The van der Waals surface area contributed by atoms with Gasteiger partial charge in [0.2, 0.25) is 4.96 Å². The Kier molecular flexibility index (Phi) is 4.63. The van der Waals surface area contributed by atoms with Crippen molar-refractivity contribution in [2.75, 3.05) is 11.9 Å². The maximum absolute atomic E-state index is 12.3. The van der Waals surface area contributed by atoms with Gasteiger partial charge in [0.1, 0.15) is 12.1 Å². The number of amides is 1. The van der Waals surface area contributed by atoms with Gasteiger partial charge >= 0.3 is 0 Å². The van der Waals surface area contributed by atoms with Crippen LogP contribution in [0.4, 0.5) is 5.69 Å². The second-order valence-electron chi connectivity index (χ2n) is 5.61. The van der Waals surface area contributed by atoms with Gasteiger partial charge in [0.15, 0.2) is 6.61 Å². The fourth-order valence-corrected chi connectivity index (χ4v) is 3.38. The smallest absolute Gasteiger partial charge is 0.291 e. The number of rotatable bonds is 5. The topological polar surface area (TPSA) is 85.6 Å². The lowest BCUT2D eigenvalue weighted by atomic mass is 10.2. The zero-order valence-corrected chi connectivity index (χ0v) is 14.8. The van der Waals surface area contributed by atoms with Crippen LogP contribution in [0.25, 0.3) is 11.0 Å². The van der Waals surface area contributed by atoms with E-state index >= 15 is 0 Å². The molecule has 1 N–H and O–H groups in total. The predicted octanol–water partition coefficient (Wildman–Crippen LogP) is 1.72. The first kappa shape index (κ1) is 16.9. The minimum absolute atomic E-state index is 0.140. The van der Waals surface area contributed by atoms with E-state index in [-0.39, 0.29) is 18.1 Å². The van der Waals surface area contributed by atoms with Crippen LogP contribution in [0.1, 0.15) is 5.56 Å². The summed E-state index contributed by atoms with van der Waals surface area (Å²) < 4.78 is 7.41. The van der Waals surface area contributed by atoms with Crippen molar-refractivity contribution >= 4 is 34.0 Å². The van der Waals surface area contributed by atoms with E-state index in [1.165, 1.54) is 22.2 Å². The molecule has 2 aromatic carbocycles. The first-order valence-corrected chi connectivity index (χ1v) is 8.93. The third-order valence-corrected chi connectivity index (χ3v) is 4.72. The third kappa shape index (κ3) is 3.70. The van der Waals surface area contributed by atoms with Crippen LogP contribution >= 0.6 is 11.3 Å². The van der Waals surface area contributed by atoms with Crippen LogP contribution in [0.15, 0.2) is 65.7 Å². The lowest BCUT2D eigenvalue weighted by Crippen LogP contribution is -2.23. The molecule has 4 rings (SSSR count). The summed E-state index contributed by atoms with van der Waals surface area (Å²) in [4.78, 5) is 29.0. The van der Waals surface area contributed by atoms with E-state index in [1.807, 2.05) is 36.4 Å². The van der Waals surface area contributed by atoms with Gasteiger partial charge in [0, 0.05) is 11.3 Å². The molecule has 0 unspecified atom stereocenters. The van der Waals surface area contributed by atoms with Gasteiger partial charge in [-0.15, -0.1) is 0 Å². The van der Waals surface area contributed by atoms with Gasteiger partial charge in [-0.3, -0.25) is 9.59 Å². The van der Waals surface area contributed by atoms with Crippen LogP contribution in [0, 0.1) is 0 Å². The second-order valence-corrected chi connectivity index (χ2v) is 6.62. The van der Waals surface area contributed by atoms with Crippen LogP contribution in [-0.4, -0.2) is 27.1 Å². The fraction of sp³-hybridized carbons (Fsp3) is 0.0526. The molecule has 0 aliphatic rings. The number of aromatic nitrogens is 3. The van der Waals surface area contributed by atoms with Crippen molar-refractivity contribution in [3.8, 4) is 5.75 Å². The molecule has 0 atom stereocenters. The van der Waals surface area contributed by atoms with Gasteiger partial charge in [-0.1, -0.05) is 47.7 Å². The van der Waals surface area contributed by atoms with Crippen LogP contribution in [0.2, 0.25) is 0 Å². The van der Waals surface area contributed by atoms with E-state index in [2.05, 4.69) is 15.4 Å². The number of thiazole rings is 1. The quantitative estimate of drug-likeness (QED) is 0.572. The number of hydrogen-bond donors (Lipinski definition) is 1. The summed E-state index contributed by atoms with van der Waals surface area (Å²) >= 11 is 1.25. The summed E-state index contributed by atoms with van der Waals surface area (Å²) in [6, 6.07) is 16.4. The van der Waals surface area contributed by atoms with E-state index < -0.39 is 0 Å². The van der Waals surface area contributed by atoms with E-state index in [1.54, 1.807) is 24.3 Å². The number of para-hydroxylation sites is 2. The molecule has 27 heavy (non-hydrogen) atoms. The number of carbonyl (C=O) groups is 1. The number of carbonyl (C=O) groups excluding carboxylic acids is 1. The van der Waals surface area contributed by atoms with Crippen LogP contribution in [-0.2, 0) is 4.79 Å². The molecule has 7 nitrogen and oxygen atoms in total. The standard InChI is InChI=1S/C19H14N4O3S/c24-17(22-14-7-2-1-3-8-14)11-26-15-9-5-4-6-13(15)10-16-18(25)23-19(27-16)20-12-21-23/h1-10,12H,11H2,(H,22,24)/b16-10-. The molecule has 0 spiro atoms. The highest BCUT2D eigenvalue weighted by Gasteiger charge is 2.08. The Morgan fingerprint density at radius 3 is 2.74 bits per heavy atom. The van der Waals surface area contributed by atoms with Crippen molar-refractivity contribution < 1.29 is 9.53 Å². The van der Waals surface area contributed by atoms with Gasteiger partial charge in [-0.25, -0.2) is 4.98 Å². The molecular weight excluding hydrogens is 364 g/mol. The van der Waals surface area contributed by atoms with Crippen molar-refractivity contribution in [3.05, 3.63) is 81.4 Å². The number of benzene rings is 2. The zero-order valence-electron chi connectivity index (χ0n) is 14.0. The zero-order chi connectivity index (χ0) is 18.6. The Bertz CT molecular complexity index is 1200. The highest BCUT2D eigenvalue weighted by atomic mass is 32.1. The van der Waals surface area contributed by atoms with Gasteiger partial charge in [-0.05, 0) is 24.3 Å². The maximum Gasteiger partial charge on any atom is 0.291 e. The molecule has 2 heterocycles. The van der Waals surface area contributed by atoms with Gasteiger partial charge in [0.25, 0.3) is 11.5 Å².